The van der Waals surface area contributed by atoms with Crippen molar-refractivity contribution in [3.63, 3.8) is 0 Å². The van der Waals surface area contributed by atoms with Crippen LogP contribution >= 0.6 is 0 Å². The Morgan fingerprint density at radius 2 is 2.00 bits per heavy atom. The lowest BCUT2D eigenvalue weighted by Crippen LogP contribution is -2.38. The molecular weight excluding hydrogens is 373 g/mol. The Hall–Kier alpha value is -3.07. The van der Waals surface area contributed by atoms with E-state index in [1.54, 1.807) is 24.5 Å². The van der Waals surface area contributed by atoms with Crippen molar-refractivity contribution in [3.05, 3.63) is 41.7 Å². The minimum atomic E-state index is -0.377. The van der Waals surface area contributed by atoms with E-state index in [2.05, 4.69) is 46.5 Å². The maximum atomic E-state index is 14.3. The summed E-state index contributed by atoms with van der Waals surface area (Å²) in [5, 5.41) is 14.9. The number of ether oxygens (including phenoxy) is 1. The molecule has 4 rings (SSSR count). The van der Waals surface area contributed by atoms with Gasteiger partial charge in [-0.1, -0.05) is 32.9 Å². The molecule has 8 nitrogen and oxygen atoms in total. The SMILES string of the molecule is CN1NC=NC1COc1nn2c(-c3ccccc3F)nnc2cc1CC(C)(C)C. The summed E-state index contributed by atoms with van der Waals surface area (Å²) in [6, 6.07) is 8.35. The lowest BCUT2D eigenvalue weighted by molar-refractivity contribution is 0.157. The fourth-order valence-corrected chi connectivity index (χ4v) is 3.19. The molecule has 0 saturated heterocycles. The minimum absolute atomic E-state index is 0.0242. The van der Waals surface area contributed by atoms with Crippen LogP contribution in [0.3, 0.4) is 0 Å². The fourth-order valence-electron chi connectivity index (χ4n) is 3.19. The third-order valence-electron chi connectivity index (χ3n) is 4.59. The molecule has 1 aliphatic rings. The molecule has 0 spiro atoms. The van der Waals surface area contributed by atoms with Crippen molar-refractivity contribution in [3.8, 4) is 17.3 Å². The number of benzene rings is 1. The number of nitrogens with one attached hydrogen (secondary N) is 1. The molecule has 1 unspecified atom stereocenters. The molecule has 0 bridgehead atoms. The van der Waals surface area contributed by atoms with Gasteiger partial charge in [-0.3, -0.25) is 4.99 Å². The summed E-state index contributed by atoms with van der Waals surface area (Å²) in [5.41, 5.74) is 4.83. The van der Waals surface area contributed by atoms with Gasteiger partial charge in [0.1, 0.15) is 12.4 Å². The molecular formula is C20H24FN7O. The van der Waals surface area contributed by atoms with Gasteiger partial charge in [-0.25, -0.2) is 4.39 Å². The van der Waals surface area contributed by atoms with Gasteiger partial charge in [0.15, 0.2) is 17.6 Å². The molecule has 0 amide bonds. The van der Waals surface area contributed by atoms with Crippen molar-refractivity contribution >= 4 is 12.0 Å². The van der Waals surface area contributed by atoms with Gasteiger partial charge in [0, 0.05) is 12.6 Å². The first kappa shape index (κ1) is 19.3. The Balaban J connectivity index is 1.75. The molecule has 3 aromatic rings. The van der Waals surface area contributed by atoms with Crippen molar-refractivity contribution < 1.29 is 9.13 Å². The Morgan fingerprint density at radius 3 is 2.69 bits per heavy atom. The summed E-state index contributed by atoms with van der Waals surface area (Å²) in [5.74, 6) is 0.432. The van der Waals surface area contributed by atoms with E-state index in [0.717, 1.165) is 12.0 Å². The van der Waals surface area contributed by atoms with Crippen LogP contribution in [-0.2, 0) is 6.42 Å². The van der Waals surface area contributed by atoms with Crippen LogP contribution in [0.1, 0.15) is 26.3 Å². The first-order chi connectivity index (χ1) is 13.8. The topological polar surface area (TPSA) is 79.9 Å². The van der Waals surface area contributed by atoms with Gasteiger partial charge in [0.2, 0.25) is 5.88 Å². The van der Waals surface area contributed by atoms with E-state index in [9.17, 15) is 4.39 Å². The largest absolute Gasteiger partial charge is 0.473 e. The van der Waals surface area contributed by atoms with E-state index in [0.29, 0.717) is 29.5 Å². The van der Waals surface area contributed by atoms with Crippen LogP contribution in [0, 0.1) is 11.2 Å². The normalized spacial score (nSPS) is 17.1. The Kier molecular flexibility index (Phi) is 4.91. The molecule has 1 N–H and O–H groups in total. The van der Waals surface area contributed by atoms with E-state index >= 15 is 0 Å². The lowest BCUT2D eigenvalue weighted by atomic mass is 9.89. The van der Waals surface area contributed by atoms with E-state index < -0.39 is 0 Å². The van der Waals surface area contributed by atoms with Gasteiger partial charge in [-0.2, -0.15) is 9.52 Å². The maximum absolute atomic E-state index is 14.3. The van der Waals surface area contributed by atoms with Gasteiger partial charge in [0.25, 0.3) is 0 Å². The number of aromatic nitrogens is 4. The van der Waals surface area contributed by atoms with Crippen LogP contribution in [-0.4, -0.2) is 51.0 Å². The second-order valence-corrected chi connectivity index (χ2v) is 8.30. The van der Waals surface area contributed by atoms with Gasteiger partial charge >= 0.3 is 0 Å². The Labute approximate surface area is 168 Å². The molecule has 29 heavy (non-hydrogen) atoms. The molecule has 1 atom stereocenters. The first-order valence-electron chi connectivity index (χ1n) is 9.45. The summed E-state index contributed by atoms with van der Waals surface area (Å²) in [7, 11) is 1.89. The van der Waals surface area contributed by atoms with Crippen molar-refractivity contribution in [2.45, 2.75) is 33.4 Å². The molecule has 152 valence electrons. The number of hydrazine groups is 1. The maximum Gasteiger partial charge on any atom is 0.235 e. The predicted octanol–water partition coefficient (Wildman–Crippen LogP) is 2.70. The zero-order valence-corrected chi connectivity index (χ0v) is 16.9. The molecule has 0 fully saturated rings. The highest BCUT2D eigenvalue weighted by Gasteiger charge is 2.23. The van der Waals surface area contributed by atoms with Crippen LogP contribution < -0.4 is 10.2 Å². The number of nitrogens with zero attached hydrogens (tertiary/aromatic N) is 6. The van der Waals surface area contributed by atoms with E-state index in [-0.39, 0.29) is 17.4 Å². The molecule has 3 heterocycles. The van der Waals surface area contributed by atoms with Crippen molar-refractivity contribution in [1.29, 1.82) is 0 Å². The highest BCUT2D eigenvalue weighted by Crippen LogP contribution is 2.29. The number of hydrogen-bond acceptors (Lipinski definition) is 7. The number of halogens is 1. The smallest absolute Gasteiger partial charge is 0.235 e. The van der Waals surface area contributed by atoms with Crippen LogP contribution in [0.15, 0.2) is 35.3 Å². The second-order valence-electron chi connectivity index (χ2n) is 8.30. The van der Waals surface area contributed by atoms with Crippen LogP contribution in [0.5, 0.6) is 5.88 Å². The number of likely N-dealkylation sites (N-methyl/N-ethyl adjacent to an activating group) is 1. The third kappa shape index (κ3) is 4.04. The number of fused-ring (bicyclic) bond motifs is 1. The van der Waals surface area contributed by atoms with Crippen molar-refractivity contribution in [1.82, 2.24) is 30.2 Å². The standard InChI is InChI=1S/C20H24FN7O/c1-20(2,3)10-13-9-16-24-25-18(14-7-5-6-8-15(14)21)28(16)26-19(13)29-11-17-22-12-23-27(17)4/h5-9,12,17H,10-11H2,1-4H3,(H,22,23). The van der Waals surface area contributed by atoms with Gasteiger partial charge in [0.05, 0.1) is 11.9 Å². The summed E-state index contributed by atoms with van der Waals surface area (Å²) >= 11 is 0. The van der Waals surface area contributed by atoms with Crippen molar-refractivity contribution in [2.24, 2.45) is 10.4 Å². The number of rotatable bonds is 5. The molecule has 2 aromatic heterocycles. The number of aliphatic imine (C=N–C) groups is 1. The van der Waals surface area contributed by atoms with Crippen LogP contribution in [0.25, 0.3) is 17.0 Å². The Bertz CT molecular complexity index is 1060. The van der Waals surface area contributed by atoms with Gasteiger partial charge < -0.3 is 10.2 Å². The lowest BCUT2D eigenvalue weighted by Gasteiger charge is -2.22. The summed E-state index contributed by atoms with van der Waals surface area (Å²) in [6.45, 7) is 6.77. The monoisotopic (exact) mass is 397 g/mol. The second kappa shape index (κ2) is 7.40. The van der Waals surface area contributed by atoms with Gasteiger partial charge in [-0.15, -0.1) is 15.3 Å². The first-order valence-corrected chi connectivity index (χ1v) is 9.45. The minimum Gasteiger partial charge on any atom is -0.473 e. The predicted molar refractivity (Wildman–Crippen MR) is 108 cm³/mol. The third-order valence-corrected chi connectivity index (χ3v) is 4.59. The van der Waals surface area contributed by atoms with Crippen molar-refractivity contribution in [2.75, 3.05) is 13.7 Å². The van der Waals surface area contributed by atoms with E-state index in [4.69, 9.17) is 4.74 Å². The highest BCUT2D eigenvalue weighted by molar-refractivity contribution is 5.60. The number of hydrogen-bond donors (Lipinski definition) is 1. The zero-order chi connectivity index (χ0) is 20.6. The average Bonchev–Trinajstić information content (AvgIpc) is 3.24. The Morgan fingerprint density at radius 1 is 1.21 bits per heavy atom. The van der Waals surface area contributed by atoms with Crippen LogP contribution in [0.4, 0.5) is 4.39 Å². The molecule has 1 aliphatic heterocycles. The summed E-state index contributed by atoms with van der Waals surface area (Å²) in [6.07, 6.45) is 2.23. The molecule has 0 radical (unpaired) electrons. The summed E-state index contributed by atoms with van der Waals surface area (Å²) in [4.78, 5) is 4.32. The summed E-state index contributed by atoms with van der Waals surface area (Å²) < 4.78 is 21.9. The van der Waals surface area contributed by atoms with E-state index in [1.807, 2.05) is 18.1 Å². The molecule has 9 heteroatoms. The molecule has 1 aromatic carbocycles. The molecule has 0 aliphatic carbocycles. The highest BCUT2D eigenvalue weighted by atomic mass is 19.1. The van der Waals surface area contributed by atoms with E-state index in [1.165, 1.54) is 10.6 Å². The fraction of sp³-hybridized carbons (Fsp3) is 0.400. The average molecular weight is 397 g/mol. The zero-order valence-electron chi connectivity index (χ0n) is 16.9. The van der Waals surface area contributed by atoms with Crippen LogP contribution in [0.2, 0.25) is 0 Å². The van der Waals surface area contributed by atoms with Gasteiger partial charge in [-0.05, 0) is 30.0 Å². The quantitative estimate of drug-likeness (QED) is 0.713. The molecule has 0 saturated carbocycles.